The van der Waals surface area contributed by atoms with Crippen LogP contribution in [-0.4, -0.2) is 80.2 Å². The number of halogens is 3. The van der Waals surface area contributed by atoms with Gasteiger partial charge in [0.15, 0.2) is 0 Å². The molecule has 4 aromatic heterocycles. The molecule has 252 valence electrons. The normalized spacial score (nSPS) is 17.9. The van der Waals surface area contributed by atoms with Gasteiger partial charge in [-0.25, -0.2) is 23.5 Å². The molecule has 1 aromatic carbocycles. The van der Waals surface area contributed by atoms with Crippen LogP contribution < -0.4 is 15.2 Å². The highest BCUT2D eigenvalue weighted by atomic mass is 35.5. The number of fused-ring (bicyclic) bond motifs is 2. The van der Waals surface area contributed by atoms with Gasteiger partial charge in [-0.2, -0.15) is 5.26 Å². The second-order valence-electron chi connectivity index (χ2n) is 12.3. The van der Waals surface area contributed by atoms with Crippen LogP contribution in [-0.2, 0) is 6.54 Å². The number of aromatic nitrogens is 4. The zero-order valence-electron chi connectivity index (χ0n) is 26.3. The van der Waals surface area contributed by atoms with Crippen LogP contribution in [0.15, 0.2) is 46.8 Å². The number of hydrogen-bond donors (Lipinski definition) is 1. The van der Waals surface area contributed by atoms with E-state index in [4.69, 9.17) is 16.3 Å². The number of nitrogens with zero attached hydrogens (tertiary/aromatic N) is 7. The number of pyridine rings is 2. The number of anilines is 1. The van der Waals surface area contributed by atoms with E-state index in [0.29, 0.717) is 68.9 Å². The summed E-state index contributed by atoms with van der Waals surface area (Å²) in [5.41, 5.74) is 1.42. The highest BCUT2D eigenvalue weighted by molar-refractivity contribution is 7.18. The van der Waals surface area contributed by atoms with Crippen molar-refractivity contribution in [2.45, 2.75) is 44.7 Å². The third kappa shape index (κ3) is 5.85. The van der Waals surface area contributed by atoms with Crippen molar-refractivity contribution in [3.63, 3.8) is 0 Å². The van der Waals surface area contributed by atoms with Gasteiger partial charge in [0.25, 0.3) is 12.0 Å². The lowest BCUT2D eigenvalue weighted by atomic mass is 9.77. The minimum atomic E-state index is -2.43. The Bertz CT molecular complexity index is 2220. The maximum atomic E-state index is 14.0. The molecule has 2 fully saturated rings. The highest BCUT2D eigenvalue weighted by Gasteiger charge is 2.48. The molecule has 2 aliphatic heterocycles. The number of alkyl halides is 2. The van der Waals surface area contributed by atoms with Crippen molar-refractivity contribution < 1.29 is 23.4 Å². The number of aryl methyl sites for hydroxylation is 1. The zero-order valence-corrected chi connectivity index (χ0v) is 27.9. The maximum absolute atomic E-state index is 14.0. The molecule has 0 saturated carbocycles. The van der Waals surface area contributed by atoms with Gasteiger partial charge < -0.3 is 14.7 Å². The summed E-state index contributed by atoms with van der Waals surface area (Å²) >= 11 is 7.63. The van der Waals surface area contributed by atoms with E-state index >= 15 is 0 Å². The summed E-state index contributed by atoms with van der Waals surface area (Å²) in [4.78, 5) is 42.9. The van der Waals surface area contributed by atoms with Crippen molar-refractivity contribution >= 4 is 55.8 Å². The first-order chi connectivity index (χ1) is 23.6. The molecule has 49 heavy (non-hydrogen) atoms. The van der Waals surface area contributed by atoms with Crippen molar-refractivity contribution in [2.24, 2.45) is 0 Å². The van der Waals surface area contributed by atoms with Gasteiger partial charge in [0.2, 0.25) is 0 Å². The summed E-state index contributed by atoms with van der Waals surface area (Å²) in [6, 6.07) is 9.09. The number of piperidine rings is 1. The molecule has 0 amide bonds. The summed E-state index contributed by atoms with van der Waals surface area (Å²) in [5, 5.41) is 22.1. The van der Waals surface area contributed by atoms with E-state index in [1.54, 1.807) is 36.6 Å². The number of carboxylic acid groups (broad SMARTS) is 1. The molecule has 1 unspecified atom stereocenters. The molecule has 2 saturated heterocycles. The number of hydrogen-bond acceptors (Lipinski definition) is 10. The summed E-state index contributed by atoms with van der Waals surface area (Å²) in [6.07, 6.45) is 2.94. The van der Waals surface area contributed by atoms with Crippen molar-refractivity contribution in [3.05, 3.63) is 74.4 Å². The van der Waals surface area contributed by atoms with Gasteiger partial charge in [-0.1, -0.05) is 11.6 Å². The minimum Gasteiger partial charge on any atom is -0.491 e. The average molecular weight is 706 g/mol. The quantitative estimate of drug-likeness (QED) is 0.195. The van der Waals surface area contributed by atoms with Crippen LogP contribution in [0.25, 0.3) is 32.2 Å². The SMILES string of the molecule is Cc1nc2cnc(N3CCCC4(CCN4CC(F)F)C3)c(C#N)c2c(=O)n1CCOc1ccc(Cl)cc1-c1ccnc2c(C(=O)O)csc12. The largest absolute Gasteiger partial charge is 0.491 e. The summed E-state index contributed by atoms with van der Waals surface area (Å²) in [6.45, 7) is 3.23. The number of rotatable bonds is 9. The molecule has 7 rings (SSSR count). The molecule has 1 N–H and O–H groups in total. The Balaban J connectivity index is 1.17. The van der Waals surface area contributed by atoms with Crippen LogP contribution in [0.1, 0.15) is 41.0 Å². The second-order valence-corrected chi connectivity index (χ2v) is 13.6. The lowest BCUT2D eigenvalue weighted by Gasteiger charge is -2.57. The van der Waals surface area contributed by atoms with Crippen molar-refractivity contribution in [2.75, 3.05) is 37.7 Å². The fourth-order valence-corrected chi connectivity index (χ4v) is 8.29. The molecule has 11 nitrogen and oxygen atoms in total. The summed E-state index contributed by atoms with van der Waals surface area (Å²) in [5.74, 6) is 0.181. The second kappa shape index (κ2) is 13.0. The number of carboxylic acids is 1. The van der Waals surface area contributed by atoms with Gasteiger partial charge in [-0.05, 0) is 50.5 Å². The van der Waals surface area contributed by atoms with Crippen LogP contribution in [0.4, 0.5) is 14.6 Å². The first-order valence-corrected chi connectivity index (χ1v) is 17.0. The van der Waals surface area contributed by atoms with E-state index < -0.39 is 23.5 Å². The monoisotopic (exact) mass is 705 g/mol. The van der Waals surface area contributed by atoms with Crippen molar-refractivity contribution in [1.29, 1.82) is 5.26 Å². The van der Waals surface area contributed by atoms with E-state index in [1.807, 2.05) is 9.80 Å². The molecule has 15 heteroatoms. The van der Waals surface area contributed by atoms with Crippen LogP contribution in [0.5, 0.6) is 5.75 Å². The number of ether oxygens (including phenoxy) is 1. The van der Waals surface area contributed by atoms with Crippen LogP contribution in [0.2, 0.25) is 5.02 Å². The third-order valence-electron chi connectivity index (χ3n) is 9.50. The molecule has 1 atom stereocenters. The van der Waals surface area contributed by atoms with Gasteiger partial charge in [0, 0.05) is 52.9 Å². The number of carbonyl (C=O) groups is 1. The van der Waals surface area contributed by atoms with E-state index in [2.05, 4.69) is 21.0 Å². The van der Waals surface area contributed by atoms with Gasteiger partial charge in [-0.15, -0.1) is 11.3 Å². The topological polar surface area (TPSA) is 137 Å². The Morgan fingerprint density at radius 3 is 2.80 bits per heavy atom. The first-order valence-electron chi connectivity index (χ1n) is 15.7. The fraction of sp³-hybridized carbons (Fsp3) is 0.353. The Labute approximate surface area is 288 Å². The van der Waals surface area contributed by atoms with Crippen molar-refractivity contribution in [1.82, 2.24) is 24.4 Å². The Kier molecular flexibility index (Phi) is 8.68. The Morgan fingerprint density at radius 2 is 2.06 bits per heavy atom. The van der Waals surface area contributed by atoms with Gasteiger partial charge >= 0.3 is 5.97 Å². The molecule has 0 radical (unpaired) electrons. The number of nitriles is 1. The molecule has 6 heterocycles. The predicted molar refractivity (Wildman–Crippen MR) is 182 cm³/mol. The predicted octanol–water partition coefficient (Wildman–Crippen LogP) is 5.99. The van der Waals surface area contributed by atoms with Crippen LogP contribution in [0, 0.1) is 18.3 Å². The molecular formula is C34H30ClF2N7O4S. The minimum absolute atomic E-state index is 0.0655. The van der Waals surface area contributed by atoms with E-state index in [1.165, 1.54) is 28.3 Å². The van der Waals surface area contributed by atoms with E-state index in [0.717, 1.165) is 19.3 Å². The van der Waals surface area contributed by atoms with Crippen LogP contribution >= 0.6 is 22.9 Å². The number of benzene rings is 1. The third-order valence-corrected chi connectivity index (χ3v) is 10.7. The molecule has 1 spiro atoms. The summed E-state index contributed by atoms with van der Waals surface area (Å²) < 4.78 is 34.9. The van der Waals surface area contributed by atoms with Crippen LogP contribution in [0.3, 0.4) is 0 Å². The van der Waals surface area contributed by atoms with Crippen molar-refractivity contribution in [3.8, 4) is 22.9 Å². The zero-order chi connectivity index (χ0) is 34.4. The van der Waals surface area contributed by atoms with Gasteiger partial charge in [-0.3, -0.25) is 19.2 Å². The molecule has 2 aliphatic rings. The van der Waals surface area contributed by atoms with Gasteiger partial charge in [0.1, 0.15) is 35.6 Å². The molecule has 0 bridgehead atoms. The highest BCUT2D eigenvalue weighted by Crippen LogP contribution is 2.41. The summed E-state index contributed by atoms with van der Waals surface area (Å²) in [7, 11) is 0. The molecule has 0 aliphatic carbocycles. The Morgan fingerprint density at radius 1 is 1.22 bits per heavy atom. The average Bonchev–Trinajstić information content (AvgIpc) is 3.53. The molecule has 5 aromatic rings. The lowest BCUT2D eigenvalue weighted by Crippen LogP contribution is -2.67. The smallest absolute Gasteiger partial charge is 0.338 e. The first kappa shape index (κ1) is 32.8. The lowest BCUT2D eigenvalue weighted by molar-refractivity contribution is -0.0594. The number of thiophene rings is 1. The fourth-order valence-electron chi connectivity index (χ4n) is 7.09. The van der Waals surface area contributed by atoms with E-state index in [9.17, 15) is 28.7 Å². The number of likely N-dealkylation sites (tertiary alicyclic amines) is 1. The maximum Gasteiger partial charge on any atom is 0.338 e. The standard InChI is InChI=1S/C34H30ClF2N7O4S/c1-19-41-25-15-40-31(42-9-2-6-34(18-42)7-10-43(34)16-27(36)37)23(14-38)28(25)32(45)44(19)11-12-48-26-4-3-20(35)13-22(26)21-5-8-39-29-24(33(46)47)17-49-30(21)29/h3-5,8,13,15,17,27H,2,6-7,9-12,16,18H2,1H3,(H,46,47). The molecular weight excluding hydrogens is 676 g/mol. The van der Waals surface area contributed by atoms with E-state index in [-0.39, 0.29) is 36.2 Å². The van der Waals surface area contributed by atoms with Gasteiger partial charge in [0.05, 0.1) is 46.0 Å². The number of aromatic carboxylic acids is 1. The Hall–Kier alpha value is -4.71.